The number of rotatable bonds is 3. The van der Waals surface area contributed by atoms with Crippen LogP contribution in [0, 0.1) is 5.92 Å². The van der Waals surface area contributed by atoms with Gasteiger partial charge in [-0.05, 0) is 37.9 Å². The summed E-state index contributed by atoms with van der Waals surface area (Å²) in [6.45, 7) is 0.699. The van der Waals surface area contributed by atoms with Gasteiger partial charge in [-0.3, -0.25) is 0 Å². The molecule has 1 heterocycles. The Bertz CT molecular complexity index is 489. The van der Waals surface area contributed by atoms with E-state index in [1.807, 2.05) is 24.3 Å². The second-order valence-corrected chi connectivity index (χ2v) is 5.00. The minimum Gasteiger partial charge on any atom is -0.461 e. The third-order valence-corrected chi connectivity index (χ3v) is 3.77. The van der Waals surface area contributed by atoms with Crippen molar-refractivity contribution in [2.24, 2.45) is 11.7 Å². The van der Waals surface area contributed by atoms with Crippen LogP contribution in [0.15, 0.2) is 24.3 Å². The highest BCUT2D eigenvalue weighted by molar-refractivity contribution is 5.75. The second kappa shape index (κ2) is 4.98. The molecule has 0 saturated heterocycles. The molecule has 96 valence electrons. The lowest BCUT2D eigenvalue weighted by Crippen LogP contribution is -2.35. The SMILES string of the molecule is NCC1CCCCC1Oc1nc2ccccc2[nH]1. The minimum atomic E-state index is 0.212. The summed E-state index contributed by atoms with van der Waals surface area (Å²) in [7, 11) is 0. The quantitative estimate of drug-likeness (QED) is 0.873. The molecule has 4 nitrogen and oxygen atoms in total. The predicted molar refractivity (Wildman–Crippen MR) is 71.5 cm³/mol. The Morgan fingerprint density at radius 3 is 2.94 bits per heavy atom. The number of hydrogen-bond donors (Lipinski definition) is 2. The van der Waals surface area contributed by atoms with E-state index in [0.29, 0.717) is 18.5 Å². The number of ether oxygens (including phenoxy) is 1. The van der Waals surface area contributed by atoms with Crippen LogP contribution in [0.4, 0.5) is 0 Å². The molecule has 4 heteroatoms. The van der Waals surface area contributed by atoms with Gasteiger partial charge in [0.2, 0.25) is 0 Å². The van der Waals surface area contributed by atoms with Crippen molar-refractivity contribution in [3.63, 3.8) is 0 Å². The largest absolute Gasteiger partial charge is 0.461 e. The van der Waals surface area contributed by atoms with Gasteiger partial charge in [0, 0.05) is 5.92 Å². The highest BCUT2D eigenvalue weighted by Crippen LogP contribution is 2.27. The molecule has 1 aliphatic rings. The standard InChI is InChI=1S/C14H19N3O/c15-9-10-5-1-4-8-13(10)18-14-16-11-6-2-3-7-12(11)17-14/h2-3,6-7,10,13H,1,4-5,8-9,15H2,(H,16,17). The number of H-pyrrole nitrogens is 1. The van der Waals surface area contributed by atoms with Crippen LogP contribution >= 0.6 is 0 Å². The summed E-state index contributed by atoms with van der Waals surface area (Å²) >= 11 is 0. The molecule has 1 aromatic carbocycles. The van der Waals surface area contributed by atoms with E-state index in [4.69, 9.17) is 10.5 Å². The zero-order chi connectivity index (χ0) is 12.4. The van der Waals surface area contributed by atoms with E-state index < -0.39 is 0 Å². The van der Waals surface area contributed by atoms with Gasteiger partial charge < -0.3 is 15.5 Å². The molecule has 2 aromatic rings. The van der Waals surface area contributed by atoms with Gasteiger partial charge in [0.1, 0.15) is 6.10 Å². The normalized spacial score (nSPS) is 24.3. The van der Waals surface area contributed by atoms with Gasteiger partial charge in [-0.2, -0.15) is 4.98 Å². The Labute approximate surface area is 107 Å². The Balaban J connectivity index is 1.78. The van der Waals surface area contributed by atoms with E-state index in [2.05, 4.69) is 9.97 Å². The number of imidazole rings is 1. The topological polar surface area (TPSA) is 63.9 Å². The molecule has 0 bridgehead atoms. The van der Waals surface area contributed by atoms with Crippen molar-refractivity contribution in [3.8, 4) is 6.01 Å². The van der Waals surface area contributed by atoms with Crippen LogP contribution in [0.2, 0.25) is 0 Å². The molecule has 1 aliphatic carbocycles. The monoisotopic (exact) mass is 245 g/mol. The van der Waals surface area contributed by atoms with Gasteiger partial charge in [-0.25, -0.2) is 0 Å². The van der Waals surface area contributed by atoms with E-state index in [-0.39, 0.29) is 6.10 Å². The molecule has 2 unspecified atom stereocenters. The second-order valence-electron chi connectivity index (χ2n) is 5.00. The summed E-state index contributed by atoms with van der Waals surface area (Å²) in [5.41, 5.74) is 7.78. The Morgan fingerprint density at radius 1 is 1.28 bits per heavy atom. The summed E-state index contributed by atoms with van der Waals surface area (Å²) in [5, 5.41) is 0. The first-order valence-electron chi connectivity index (χ1n) is 6.68. The van der Waals surface area contributed by atoms with Crippen molar-refractivity contribution < 1.29 is 4.74 Å². The van der Waals surface area contributed by atoms with E-state index in [9.17, 15) is 0 Å². The molecule has 2 atom stereocenters. The molecular weight excluding hydrogens is 226 g/mol. The van der Waals surface area contributed by atoms with Crippen molar-refractivity contribution in [3.05, 3.63) is 24.3 Å². The van der Waals surface area contributed by atoms with Gasteiger partial charge in [0.15, 0.2) is 0 Å². The lowest BCUT2D eigenvalue weighted by atomic mass is 9.86. The Morgan fingerprint density at radius 2 is 2.11 bits per heavy atom. The van der Waals surface area contributed by atoms with Gasteiger partial charge in [-0.1, -0.05) is 18.6 Å². The molecule has 0 aliphatic heterocycles. The van der Waals surface area contributed by atoms with Crippen LogP contribution in [0.1, 0.15) is 25.7 Å². The summed E-state index contributed by atoms with van der Waals surface area (Å²) in [5.74, 6) is 0.465. The third kappa shape index (κ3) is 2.20. The third-order valence-electron chi connectivity index (χ3n) is 3.77. The smallest absolute Gasteiger partial charge is 0.294 e. The lowest BCUT2D eigenvalue weighted by Gasteiger charge is -2.29. The molecule has 1 fully saturated rings. The molecule has 3 N–H and O–H groups in total. The predicted octanol–water partition coefficient (Wildman–Crippen LogP) is 2.46. The van der Waals surface area contributed by atoms with Gasteiger partial charge in [-0.15, -0.1) is 0 Å². The number of aromatic amines is 1. The zero-order valence-electron chi connectivity index (χ0n) is 10.4. The molecule has 1 saturated carbocycles. The maximum absolute atomic E-state index is 6.00. The van der Waals surface area contributed by atoms with Gasteiger partial charge >= 0.3 is 0 Å². The number of aromatic nitrogens is 2. The van der Waals surface area contributed by atoms with E-state index in [1.165, 1.54) is 19.3 Å². The van der Waals surface area contributed by atoms with Crippen molar-refractivity contribution in [1.82, 2.24) is 9.97 Å². The Hall–Kier alpha value is -1.55. The molecule has 0 radical (unpaired) electrons. The maximum Gasteiger partial charge on any atom is 0.294 e. The van der Waals surface area contributed by atoms with Crippen LogP contribution in [0.5, 0.6) is 6.01 Å². The molecule has 18 heavy (non-hydrogen) atoms. The first-order chi connectivity index (χ1) is 8.86. The molecule has 3 rings (SSSR count). The van der Waals surface area contributed by atoms with E-state index in [1.54, 1.807) is 0 Å². The van der Waals surface area contributed by atoms with Crippen molar-refractivity contribution in [2.45, 2.75) is 31.8 Å². The number of hydrogen-bond acceptors (Lipinski definition) is 3. The van der Waals surface area contributed by atoms with Crippen LogP contribution in [0.25, 0.3) is 11.0 Å². The fraction of sp³-hybridized carbons (Fsp3) is 0.500. The first kappa shape index (κ1) is 11.5. The molecule has 0 spiro atoms. The average Bonchev–Trinajstić information content (AvgIpc) is 2.81. The van der Waals surface area contributed by atoms with Crippen LogP contribution < -0.4 is 10.5 Å². The summed E-state index contributed by atoms with van der Waals surface area (Å²) in [4.78, 5) is 7.67. The van der Waals surface area contributed by atoms with Gasteiger partial charge in [0.25, 0.3) is 6.01 Å². The van der Waals surface area contributed by atoms with E-state index in [0.717, 1.165) is 17.5 Å². The molecule has 0 amide bonds. The van der Waals surface area contributed by atoms with Crippen LogP contribution in [-0.2, 0) is 0 Å². The van der Waals surface area contributed by atoms with Crippen molar-refractivity contribution >= 4 is 11.0 Å². The van der Waals surface area contributed by atoms with E-state index >= 15 is 0 Å². The van der Waals surface area contributed by atoms with Gasteiger partial charge in [0.05, 0.1) is 11.0 Å². The zero-order valence-corrected chi connectivity index (χ0v) is 10.4. The number of nitrogens with zero attached hydrogens (tertiary/aromatic N) is 1. The molecular formula is C14H19N3O. The minimum absolute atomic E-state index is 0.212. The van der Waals surface area contributed by atoms with Crippen LogP contribution in [-0.4, -0.2) is 22.6 Å². The number of para-hydroxylation sites is 2. The number of benzene rings is 1. The van der Waals surface area contributed by atoms with Crippen LogP contribution in [0.3, 0.4) is 0 Å². The average molecular weight is 245 g/mol. The molecule has 1 aromatic heterocycles. The number of fused-ring (bicyclic) bond motifs is 1. The summed E-state index contributed by atoms with van der Waals surface area (Å²) in [6, 6.07) is 8.60. The fourth-order valence-electron chi connectivity index (χ4n) is 2.73. The fourth-order valence-corrected chi connectivity index (χ4v) is 2.73. The lowest BCUT2D eigenvalue weighted by molar-refractivity contribution is 0.0885. The summed E-state index contributed by atoms with van der Waals surface area (Å²) < 4.78 is 6.00. The Kier molecular flexibility index (Phi) is 3.19. The van der Waals surface area contributed by atoms with Crippen molar-refractivity contribution in [1.29, 1.82) is 0 Å². The maximum atomic E-state index is 6.00. The number of nitrogens with one attached hydrogen (secondary N) is 1. The summed E-state index contributed by atoms with van der Waals surface area (Å²) in [6.07, 6.45) is 4.95. The highest BCUT2D eigenvalue weighted by Gasteiger charge is 2.26. The highest BCUT2D eigenvalue weighted by atomic mass is 16.5. The number of nitrogens with two attached hydrogens (primary N) is 1. The first-order valence-corrected chi connectivity index (χ1v) is 6.68. The van der Waals surface area contributed by atoms with Crippen molar-refractivity contribution in [2.75, 3.05) is 6.54 Å².